The van der Waals surface area contributed by atoms with Crippen LogP contribution in [-0.2, 0) is 33.2 Å². The van der Waals surface area contributed by atoms with Crippen LogP contribution < -0.4 is 5.32 Å². The first-order chi connectivity index (χ1) is 41.3. The number of amides is 1. The lowest BCUT2D eigenvalue weighted by Crippen LogP contribution is -2.66. The highest BCUT2D eigenvalue weighted by Gasteiger charge is 2.53. The molecule has 3 heterocycles. The van der Waals surface area contributed by atoms with Gasteiger partial charge in [-0.3, -0.25) is 4.79 Å². The molecular weight excluding hydrogens is 1090 g/mol. The van der Waals surface area contributed by atoms with Crippen molar-refractivity contribution in [1.82, 2.24) is 5.32 Å². The Hall–Kier alpha value is -2.25. The van der Waals surface area contributed by atoms with E-state index in [-0.39, 0.29) is 18.9 Å². The molecule has 0 aliphatic carbocycles. The molecule has 19 nitrogen and oxygen atoms in total. The maximum Gasteiger partial charge on any atom is 0.220 e. The summed E-state index contributed by atoms with van der Waals surface area (Å²) in [6.45, 7) is 1.70. The minimum absolute atomic E-state index is 0.228. The number of hydrogen-bond donors (Lipinski definition) is 12. The van der Waals surface area contributed by atoms with E-state index in [4.69, 9.17) is 28.4 Å². The first kappa shape index (κ1) is 77.0. The van der Waals surface area contributed by atoms with Gasteiger partial charge in [-0.25, -0.2) is 0 Å². The monoisotopic (exact) mass is 1210 g/mol. The number of allylic oxidation sites excluding steroid dienone is 7. The Morgan fingerprint density at radius 3 is 1.24 bits per heavy atom. The van der Waals surface area contributed by atoms with Crippen LogP contribution in [-0.4, -0.2) is 193 Å². The standard InChI is InChI=1S/C66H119NO18/c1-3-5-7-9-11-13-15-17-19-21-23-24-26-27-29-31-33-35-37-39-41-43-50(71)49(67-54(72)44-42-40-38-36-34-32-30-28-25-22-20-18-16-14-12-10-8-6-4-2)48-80-64-60(78)57(75)62(52(46-69)82-64)85-66-61(79)58(76)63(53(47-70)83-66)84-65-59(77)56(74)55(73)51(45-68)81-65/h12,14,18,20,25,28,41,43,49-53,55-66,68-71,73-79H,3-11,13,15-17,19,21-24,26-27,29-40,42,44-48H2,1-2H3,(H,67,72)/b14-12-,20-18-,28-25-,43-41+. The van der Waals surface area contributed by atoms with Gasteiger partial charge >= 0.3 is 0 Å². The van der Waals surface area contributed by atoms with E-state index in [9.17, 15) is 61.0 Å². The average molecular weight is 1210 g/mol. The molecule has 0 radical (unpaired) electrons. The molecule has 1 amide bonds. The van der Waals surface area contributed by atoms with Gasteiger partial charge in [0.25, 0.3) is 0 Å². The van der Waals surface area contributed by atoms with Gasteiger partial charge in [-0.05, 0) is 57.8 Å². The number of ether oxygens (including phenoxy) is 6. The third kappa shape index (κ3) is 31.4. The van der Waals surface area contributed by atoms with E-state index < -0.39 is 124 Å². The molecule has 0 spiro atoms. The van der Waals surface area contributed by atoms with Gasteiger partial charge in [-0.1, -0.05) is 217 Å². The first-order valence-corrected chi connectivity index (χ1v) is 33.4. The number of aliphatic hydroxyl groups excluding tert-OH is 11. The molecule has 17 unspecified atom stereocenters. The Morgan fingerprint density at radius 2 is 0.776 bits per heavy atom. The predicted molar refractivity (Wildman–Crippen MR) is 328 cm³/mol. The smallest absolute Gasteiger partial charge is 0.220 e. The molecule has 3 fully saturated rings. The normalized spacial score (nSPS) is 29.3. The molecule has 19 heteroatoms. The first-order valence-electron chi connectivity index (χ1n) is 33.4. The topological polar surface area (TPSA) is 307 Å². The lowest BCUT2D eigenvalue weighted by atomic mass is 9.96. The van der Waals surface area contributed by atoms with E-state index in [1.807, 2.05) is 6.08 Å². The zero-order valence-electron chi connectivity index (χ0n) is 52.1. The van der Waals surface area contributed by atoms with Gasteiger partial charge in [-0.2, -0.15) is 0 Å². The fourth-order valence-corrected chi connectivity index (χ4v) is 11.1. The molecule has 3 aliphatic heterocycles. The van der Waals surface area contributed by atoms with Gasteiger partial charge in [0.15, 0.2) is 18.9 Å². The molecule has 0 saturated carbocycles. The molecule has 3 rings (SSSR count). The van der Waals surface area contributed by atoms with Crippen molar-refractivity contribution in [3.05, 3.63) is 48.6 Å². The van der Waals surface area contributed by atoms with E-state index in [0.29, 0.717) is 6.42 Å². The van der Waals surface area contributed by atoms with E-state index in [2.05, 4.69) is 55.6 Å². The van der Waals surface area contributed by atoms with Crippen molar-refractivity contribution in [2.45, 2.75) is 336 Å². The molecule has 3 saturated heterocycles. The van der Waals surface area contributed by atoms with Crippen molar-refractivity contribution in [2.75, 3.05) is 26.4 Å². The van der Waals surface area contributed by atoms with Crippen LogP contribution in [0.3, 0.4) is 0 Å². The molecule has 0 aromatic carbocycles. The molecule has 0 aromatic heterocycles. The van der Waals surface area contributed by atoms with Crippen molar-refractivity contribution in [3.63, 3.8) is 0 Å². The fourth-order valence-electron chi connectivity index (χ4n) is 11.1. The van der Waals surface area contributed by atoms with E-state index in [1.54, 1.807) is 6.08 Å². The Morgan fingerprint density at radius 1 is 0.424 bits per heavy atom. The third-order valence-electron chi connectivity index (χ3n) is 16.6. The quantitative estimate of drug-likeness (QED) is 0.0204. The van der Waals surface area contributed by atoms with Gasteiger partial charge in [0.2, 0.25) is 5.91 Å². The van der Waals surface area contributed by atoms with Crippen LogP contribution in [0.1, 0.15) is 232 Å². The zero-order valence-corrected chi connectivity index (χ0v) is 52.1. The predicted octanol–water partition coefficient (Wildman–Crippen LogP) is 7.83. The minimum atomic E-state index is -1.98. The number of carbonyl (C=O) groups excluding carboxylic acids is 1. The molecule has 0 aromatic rings. The van der Waals surface area contributed by atoms with Gasteiger partial charge in [0.05, 0.1) is 38.6 Å². The Balaban J connectivity index is 1.48. The SMILES string of the molecule is CCCCC/C=C\C/C=C\C/C=C\CCCCCCCCC(=O)NC(COC1OC(CO)C(OC2OC(CO)C(OC3OC(CO)C(O)C(O)C3O)C(O)C2O)C(O)C1O)C(O)/C=C/CCCCCCCCCCCCCCCCCCCCC. The summed E-state index contributed by atoms with van der Waals surface area (Å²) in [5.41, 5.74) is 0. The maximum atomic E-state index is 13.4. The Labute approximate surface area is 510 Å². The number of rotatable bonds is 50. The third-order valence-corrected chi connectivity index (χ3v) is 16.6. The molecule has 0 bridgehead atoms. The van der Waals surface area contributed by atoms with Crippen molar-refractivity contribution in [1.29, 1.82) is 0 Å². The summed E-state index contributed by atoms with van der Waals surface area (Å²) in [4.78, 5) is 13.4. The summed E-state index contributed by atoms with van der Waals surface area (Å²) in [6.07, 6.45) is 29.3. The molecule has 17 atom stereocenters. The van der Waals surface area contributed by atoms with E-state index >= 15 is 0 Å². The largest absolute Gasteiger partial charge is 0.394 e. The lowest BCUT2D eigenvalue weighted by Gasteiger charge is -2.48. The van der Waals surface area contributed by atoms with Gasteiger partial charge in [0.1, 0.15) is 73.2 Å². The maximum absolute atomic E-state index is 13.4. The zero-order chi connectivity index (χ0) is 61.9. The summed E-state index contributed by atoms with van der Waals surface area (Å²) >= 11 is 0. The number of hydrogen-bond acceptors (Lipinski definition) is 18. The summed E-state index contributed by atoms with van der Waals surface area (Å²) in [7, 11) is 0. The summed E-state index contributed by atoms with van der Waals surface area (Å²) in [6, 6.07) is -0.982. The molecule has 85 heavy (non-hydrogen) atoms. The number of carbonyl (C=O) groups is 1. The Bertz CT molecular complexity index is 1740. The van der Waals surface area contributed by atoms with Crippen LogP contribution in [0.2, 0.25) is 0 Å². The lowest BCUT2D eigenvalue weighted by molar-refractivity contribution is -0.379. The summed E-state index contributed by atoms with van der Waals surface area (Å²) in [5, 5.41) is 120. The van der Waals surface area contributed by atoms with Crippen LogP contribution in [0.15, 0.2) is 48.6 Å². The van der Waals surface area contributed by atoms with Crippen LogP contribution in [0.4, 0.5) is 0 Å². The van der Waals surface area contributed by atoms with Crippen LogP contribution in [0.5, 0.6) is 0 Å². The summed E-state index contributed by atoms with van der Waals surface area (Å²) < 4.78 is 34.3. The van der Waals surface area contributed by atoms with E-state index in [1.165, 1.54) is 122 Å². The highest BCUT2D eigenvalue weighted by atomic mass is 16.8. The molecular formula is C66H119NO18. The Kier molecular flexibility index (Phi) is 44.0. The van der Waals surface area contributed by atoms with Crippen molar-refractivity contribution in [2.24, 2.45) is 0 Å². The van der Waals surface area contributed by atoms with Gasteiger partial charge in [-0.15, -0.1) is 0 Å². The van der Waals surface area contributed by atoms with Crippen molar-refractivity contribution < 1.29 is 89.4 Å². The molecule has 12 N–H and O–H groups in total. The second kappa shape index (κ2) is 48.6. The highest BCUT2D eigenvalue weighted by molar-refractivity contribution is 5.76. The number of aliphatic hydroxyl groups is 11. The molecule has 3 aliphatic rings. The van der Waals surface area contributed by atoms with Crippen LogP contribution in [0, 0.1) is 0 Å². The second-order valence-corrected chi connectivity index (χ2v) is 23.9. The number of unbranched alkanes of at least 4 members (excludes halogenated alkanes) is 28. The fraction of sp³-hybridized carbons (Fsp3) is 0.864. The summed E-state index contributed by atoms with van der Waals surface area (Å²) in [5.74, 6) is -0.288. The number of nitrogens with one attached hydrogen (secondary N) is 1. The van der Waals surface area contributed by atoms with Gasteiger partial charge < -0.3 is 89.9 Å². The van der Waals surface area contributed by atoms with E-state index in [0.717, 1.165) is 83.5 Å². The van der Waals surface area contributed by atoms with Crippen molar-refractivity contribution >= 4 is 5.91 Å². The second-order valence-electron chi connectivity index (χ2n) is 23.9. The molecule has 496 valence electrons. The minimum Gasteiger partial charge on any atom is -0.394 e. The van der Waals surface area contributed by atoms with Crippen LogP contribution in [0.25, 0.3) is 0 Å². The van der Waals surface area contributed by atoms with Crippen LogP contribution >= 0.6 is 0 Å². The highest BCUT2D eigenvalue weighted by Crippen LogP contribution is 2.33. The average Bonchev–Trinajstić information content (AvgIpc) is 3.10. The van der Waals surface area contributed by atoms with Crippen molar-refractivity contribution in [3.8, 4) is 0 Å². The van der Waals surface area contributed by atoms with Gasteiger partial charge in [0, 0.05) is 6.42 Å².